The molecule has 5 N–H and O–H groups in total. The molecule has 0 bridgehead atoms. The summed E-state index contributed by atoms with van der Waals surface area (Å²) < 4.78 is 144. The fourth-order valence-corrected chi connectivity index (χ4v) is 22.2. The second-order valence-corrected chi connectivity index (χ2v) is 37.4. The van der Waals surface area contributed by atoms with Crippen LogP contribution in [0.15, 0.2) is 244 Å². The Balaban J connectivity index is 0.000000139. The quantitative estimate of drug-likeness (QED) is 0.0176. The summed E-state index contributed by atoms with van der Waals surface area (Å²) in [5.74, 6) is 0.0528. The highest BCUT2D eigenvalue weighted by Crippen LogP contribution is 2.60. The second-order valence-electron chi connectivity index (χ2n) is 33.8. The van der Waals surface area contributed by atoms with Crippen LogP contribution in [0.4, 0.5) is 35.1 Å². The van der Waals surface area contributed by atoms with E-state index in [1.54, 1.807) is 72.8 Å². The molecule has 0 radical (unpaired) electrons. The van der Waals surface area contributed by atoms with Crippen LogP contribution in [0, 0.1) is 133 Å². The number of amides is 2. The predicted octanol–water partition coefficient (Wildman–Crippen LogP) is 16.6. The number of nitro groups is 5. The number of fused-ring (bicyclic) bond motifs is 9. The molecule has 9 atom stereocenters. The highest BCUT2D eigenvalue weighted by Gasteiger charge is 2.59. The molecule has 10 aromatic carbocycles. The van der Waals surface area contributed by atoms with Crippen molar-refractivity contribution < 1.29 is 107 Å². The molecule has 145 heavy (non-hydrogen) atoms. The van der Waals surface area contributed by atoms with E-state index in [1.165, 1.54) is 77.7 Å². The van der Waals surface area contributed by atoms with Crippen molar-refractivity contribution in [1.82, 2.24) is 15.4 Å². The summed E-state index contributed by atoms with van der Waals surface area (Å²) in [6.07, 6.45) is 1.83. The van der Waals surface area contributed by atoms with Crippen LogP contribution in [0.2, 0.25) is 0 Å². The molecule has 3 spiro atoms. The van der Waals surface area contributed by atoms with Crippen molar-refractivity contribution in [3.05, 3.63) is 371 Å². The SMILES string of the molecule is CC(=O)N1N=C(c2ccc(F)cc2F)S[C@@]12c1ccccc1OC[C@H]2CCN.CC(=O)N1N=C(c2ccc(F)cc2F)S[C@@]12c1ccccc1OC[C@H]2CC[N+](=O)[O-].N/N=C1\c2ccccc2OCC1CC[N+](=O)[O-].O=C(CN=C1c2ccccc2OCC1CC[N+](=O)[O-])c1ccc(F)cc1F.O=C1c2ccccc2OCC1CC[N+](=O)[O-].O=[N+]([O-])CCC1COc2ccccc2C12NN=C(c1ccc(F)cc1F)S2. The van der Waals surface area contributed by atoms with E-state index in [4.69, 9.17) is 40.0 Å². The average molecular weight is 2060 g/mol. The maximum atomic E-state index is 14.5. The van der Waals surface area contributed by atoms with Crippen molar-refractivity contribution in [2.24, 2.45) is 72.5 Å². The van der Waals surface area contributed by atoms with Gasteiger partial charge in [-0.25, -0.2) is 45.1 Å². The second kappa shape index (κ2) is 47.3. The first kappa shape index (κ1) is 105. The van der Waals surface area contributed by atoms with Crippen LogP contribution >= 0.6 is 35.3 Å². The number of benzene rings is 10. The van der Waals surface area contributed by atoms with Crippen molar-refractivity contribution in [1.29, 1.82) is 0 Å². The monoisotopic (exact) mass is 2060 g/mol. The van der Waals surface area contributed by atoms with Crippen molar-refractivity contribution in [2.45, 2.75) is 67.0 Å². The Hall–Kier alpha value is -15.3. The number of Topliss-reactive ketones (excluding diaryl/α,β-unsaturated/α-hetero) is 2. The molecule has 0 aliphatic carbocycles. The molecule has 10 aromatic rings. The molecule has 0 aromatic heterocycles. The minimum atomic E-state index is -1.13. The van der Waals surface area contributed by atoms with Crippen LogP contribution < -0.4 is 45.4 Å². The number of hydrogen-bond acceptors (Lipinski definition) is 31. The van der Waals surface area contributed by atoms with Crippen molar-refractivity contribution in [2.75, 3.05) is 85.5 Å². The molecule has 5 unspecified atom stereocenters. The fraction of sp³-hybridized carbons (Fsp3) is 0.303. The van der Waals surface area contributed by atoms with Gasteiger partial charge in [0.2, 0.25) is 44.5 Å². The molecule has 756 valence electrons. The number of carbonyl (C=O) groups excluding carboxylic acids is 4. The van der Waals surface area contributed by atoms with E-state index in [0.29, 0.717) is 106 Å². The van der Waals surface area contributed by atoms with Crippen LogP contribution in [-0.4, -0.2) is 170 Å². The molecular formula is C99H91F8N15O20S3. The van der Waals surface area contributed by atoms with E-state index < -0.39 is 93.5 Å². The van der Waals surface area contributed by atoms with E-state index in [2.05, 4.69) is 30.8 Å². The summed E-state index contributed by atoms with van der Waals surface area (Å²) in [7, 11) is 0. The van der Waals surface area contributed by atoms with Crippen molar-refractivity contribution in [3.8, 4) is 34.5 Å². The molecule has 9 aliphatic heterocycles. The maximum absolute atomic E-state index is 14.5. The summed E-state index contributed by atoms with van der Waals surface area (Å²) in [6.45, 7) is 3.36. The lowest BCUT2D eigenvalue weighted by molar-refractivity contribution is -0.482. The van der Waals surface area contributed by atoms with Crippen LogP contribution in [0.3, 0.4) is 0 Å². The zero-order valence-electron chi connectivity index (χ0n) is 77.1. The Morgan fingerprint density at radius 3 is 1.19 bits per heavy atom. The van der Waals surface area contributed by atoms with Gasteiger partial charge in [-0.1, -0.05) is 126 Å². The minimum absolute atomic E-state index is 0.0521. The number of nitrogens with one attached hydrogen (secondary N) is 1. The number of thioether (sulfide) groups is 3. The first-order valence-corrected chi connectivity index (χ1v) is 47.6. The lowest BCUT2D eigenvalue weighted by Gasteiger charge is -2.45. The number of rotatable bonds is 23. The number of halogens is 8. The third kappa shape index (κ3) is 24.1. The number of aliphatic imine (C=N–C) groups is 1. The Morgan fingerprint density at radius 2 is 0.752 bits per heavy atom. The van der Waals surface area contributed by atoms with Gasteiger partial charge in [0.05, 0.1) is 68.1 Å². The summed E-state index contributed by atoms with van der Waals surface area (Å²) in [4.78, 5) is 102. The smallest absolute Gasteiger partial charge is 0.241 e. The normalized spacial score (nSPS) is 21.2. The molecule has 9 aliphatic rings. The zero-order valence-corrected chi connectivity index (χ0v) is 79.6. The van der Waals surface area contributed by atoms with Gasteiger partial charge in [-0.2, -0.15) is 20.4 Å². The highest BCUT2D eigenvalue weighted by molar-refractivity contribution is 8.16. The van der Waals surface area contributed by atoms with Crippen molar-refractivity contribution in [3.63, 3.8) is 0 Å². The van der Waals surface area contributed by atoms with Crippen LogP contribution in [-0.2, 0) is 24.2 Å². The zero-order chi connectivity index (χ0) is 104. The molecule has 0 saturated carbocycles. The Bertz CT molecular complexity index is 6780. The molecule has 9 heterocycles. The topological polar surface area (TPSA) is 472 Å². The molecule has 35 nitrogen and oxygen atoms in total. The molecule has 46 heteroatoms. The van der Waals surface area contributed by atoms with Gasteiger partial charge < -0.3 is 40.0 Å². The largest absolute Gasteiger partial charge is 0.493 e. The van der Waals surface area contributed by atoms with Crippen LogP contribution in [0.1, 0.15) is 118 Å². The Labute approximate surface area is 834 Å². The first-order valence-electron chi connectivity index (χ1n) is 45.2. The van der Waals surface area contributed by atoms with Gasteiger partial charge in [-0.3, -0.25) is 80.2 Å². The number of nitrogens with two attached hydrogens (primary N) is 2. The van der Waals surface area contributed by atoms with Gasteiger partial charge in [0.15, 0.2) is 21.3 Å². The minimum Gasteiger partial charge on any atom is -0.493 e. The standard InChI is InChI=1S/C20H17F2N3O4S.C20H19F2N3O2S.C19H16F2N2O4.C18H15F2N3O3S.C11H13N3O3.C11H11NO4/c1-12(26)25-20(30-19(23-25)15-7-6-14(21)10-17(15)22)13(8-9-24(27)28)11-29-18-5-3-2-4-16(18)20;1-12(26)25-20(28-19(24-25)15-7-6-14(21)10-17(15)22)13(8-9-23)11-27-18-5-3-2-4-16(18)20;20-13-5-6-14(16(21)9-13)17(24)10-22-19-12(7-8-23(25)26)11-27-18-4-2-1-3-15(18)19;19-12-5-6-13(15(20)9-12)17-21-22-18(27-17)11(7-8-23(24)25)10-26-16-4-2-1-3-14(16)18;12-13-11-8(5-6-14(15)16)7-17-10-4-2-1-3-9(10)11;13-11-8(5-6-12(14)15)7-16-10-4-2-1-3-9(10)11/h2-7,10,13H,8-9,11H2,1H3;2-7,10,13H,8-9,11,23H2,1H3;1-6,9,12H,7-8,10-11H2;1-6,9,11,22H,7-8,10H2;1-4,8H,5-7,12H2;1-4,8H,5-7H2/b;;;;13-11-;/t2*13-,20+;;;;/m11..../s1. The van der Waals surface area contributed by atoms with E-state index in [-0.39, 0.29) is 170 Å². The van der Waals surface area contributed by atoms with Gasteiger partial charge in [-0.15, -0.1) is 0 Å². The Kier molecular flexibility index (Phi) is 34.4. The number of hydrazone groups is 4. The number of hydrogen-bond donors (Lipinski definition) is 3. The number of ether oxygens (including phenoxy) is 6. The third-order valence-electron chi connectivity index (χ3n) is 24.5. The van der Waals surface area contributed by atoms with Gasteiger partial charge in [0.1, 0.15) is 108 Å². The molecule has 0 saturated heterocycles. The fourth-order valence-electron chi connectivity index (χ4n) is 17.6. The molecule has 2 amide bonds. The molecule has 19 rings (SSSR count). The first-order chi connectivity index (χ1) is 69.6. The number of nitrogens with zero attached hydrogens (tertiary/aromatic N) is 12. The summed E-state index contributed by atoms with van der Waals surface area (Å²) in [5.41, 5.74) is 14.5. The number of para-hydroxylation sites is 6. The third-order valence-corrected chi connectivity index (χ3v) is 29.1. The highest BCUT2D eigenvalue weighted by atomic mass is 32.2. The lowest BCUT2D eigenvalue weighted by atomic mass is 9.86. The van der Waals surface area contributed by atoms with Crippen LogP contribution in [0.25, 0.3) is 0 Å². The number of carbonyl (C=O) groups is 4. The molecular weight excluding hydrogens is 1970 g/mol. The van der Waals surface area contributed by atoms with Gasteiger partial charge in [0, 0.05) is 169 Å². The summed E-state index contributed by atoms with van der Waals surface area (Å²) in [6, 6.07) is 55.9. The number of ketones is 2. The van der Waals surface area contributed by atoms with E-state index >= 15 is 0 Å². The summed E-state index contributed by atoms with van der Waals surface area (Å²) in [5, 5.41) is 73.7. The van der Waals surface area contributed by atoms with Crippen LogP contribution in [0.5, 0.6) is 34.5 Å². The van der Waals surface area contributed by atoms with Gasteiger partial charge >= 0.3 is 0 Å². The van der Waals surface area contributed by atoms with Gasteiger partial charge in [-0.05, 0) is 116 Å². The van der Waals surface area contributed by atoms with Gasteiger partial charge in [0.25, 0.3) is 0 Å². The van der Waals surface area contributed by atoms with E-state index in [9.17, 15) is 105 Å². The summed E-state index contributed by atoms with van der Waals surface area (Å²) >= 11 is 3.71. The Morgan fingerprint density at radius 1 is 0.407 bits per heavy atom. The van der Waals surface area contributed by atoms with E-state index in [0.717, 1.165) is 70.6 Å². The lowest BCUT2D eigenvalue weighted by Crippen LogP contribution is -2.51. The van der Waals surface area contributed by atoms with Crippen molar-refractivity contribution >= 4 is 85.2 Å². The molecule has 0 fully saturated rings. The maximum Gasteiger partial charge on any atom is 0.241 e. The average Bonchev–Trinajstić information content (AvgIpc) is 1.57. The van der Waals surface area contributed by atoms with E-state index in [1.807, 2.05) is 72.8 Å². The predicted molar refractivity (Wildman–Crippen MR) is 520 cm³/mol.